The maximum Gasteiger partial charge on any atom is 0.227 e. The van der Waals surface area contributed by atoms with Crippen LogP contribution in [-0.4, -0.2) is 28.5 Å². The van der Waals surface area contributed by atoms with E-state index in [0.717, 1.165) is 31.4 Å². The van der Waals surface area contributed by atoms with Gasteiger partial charge in [-0.05, 0) is 31.7 Å². The molecule has 0 aliphatic carbocycles. The maximum atomic E-state index is 12.3. The second-order valence-corrected chi connectivity index (χ2v) is 4.95. The third kappa shape index (κ3) is 2.84. The van der Waals surface area contributed by atoms with E-state index < -0.39 is 0 Å². The van der Waals surface area contributed by atoms with Crippen molar-refractivity contribution in [2.75, 3.05) is 6.54 Å². The van der Waals surface area contributed by atoms with Gasteiger partial charge in [0.15, 0.2) is 0 Å². The van der Waals surface area contributed by atoms with Gasteiger partial charge in [-0.1, -0.05) is 25.1 Å². The summed E-state index contributed by atoms with van der Waals surface area (Å²) in [5.74, 6) is 0.360. The SMILES string of the molecule is CCC1CCCCN1C(=O)Cc1ccccc1O. The van der Waals surface area contributed by atoms with Crippen molar-refractivity contribution in [2.24, 2.45) is 0 Å². The minimum Gasteiger partial charge on any atom is -0.508 e. The highest BCUT2D eigenvalue weighted by molar-refractivity contribution is 5.79. The molecule has 0 radical (unpaired) electrons. The Morgan fingerprint density at radius 3 is 2.89 bits per heavy atom. The average Bonchev–Trinajstić information content (AvgIpc) is 2.41. The minimum absolute atomic E-state index is 0.142. The molecule has 1 aromatic carbocycles. The molecule has 98 valence electrons. The van der Waals surface area contributed by atoms with Crippen molar-refractivity contribution >= 4 is 5.91 Å². The number of aromatic hydroxyl groups is 1. The average molecular weight is 247 g/mol. The number of rotatable bonds is 3. The summed E-state index contributed by atoms with van der Waals surface area (Å²) in [6, 6.07) is 7.47. The Labute approximate surface area is 108 Å². The van der Waals surface area contributed by atoms with E-state index in [9.17, 15) is 9.90 Å². The Bertz CT molecular complexity index is 417. The van der Waals surface area contributed by atoms with Crippen LogP contribution in [0.15, 0.2) is 24.3 Å². The van der Waals surface area contributed by atoms with E-state index in [-0.39, 0.29) is 11.7 Å². The molecule has 1 aromatic rings. The molecule has 1 fully saturated rings. The van der Waals surface area contributed by atoms with Crippen molar-refractivity contribution in [2.45, 2.75) is 45.1 Å². The van der Waals surface area contributed by atoms with Gasteiger partial charge in [0.05, 0.1) is 6.42 Å². The second-order valence-electron chi connectivity index (χ2n) is 4.95. The van der Waals surface area contributed by atoms with Crippen LogP contribution in [0.1, 0.15) is 38.2 Å². The number of para-hydroxylation sites is 1. The van der Waals surface area contributed by atoms with E-state index in [0.29, 0.717) is 12.5 Å². The van der Waals surface area contributed by atoms with Gasteiger partial charge in [-0.2, -0.15) is 0 Å². The van der Waals surface area contributed by atoms with E-state index in [2.05, 4.69) is 6.92 Å². The van der Waals surface area contributed by atoms with Crippen LogP contribution in [0, 0.1) is 0 Å². The molecule has 1 aliphatic rings. The number of phenolic OH excluding ortho intramolecular Hbond substituents is 1. The van der Waals surface area contributed by atoms with Crippen LogP contribution in [0.25, 0.3) is 0 Å². The Morgan fingerprint density at radius 1 is 1.39 bits per heavy atom. The molecule has 3 nitrogen and oxygen atoms in total. The van der Waals surface area contributed by atoms with Crippen LogP contribution in [0.3, 0.4) is 0 Å². The van der Waals surface area contributed by atoms with Crippen LogP contribution in [0.4, 0.5) is 0 Å². The summed E-state index contributed by atoms with van der Waals surface area (Å²) in [5.41, 5.74) is 0.725. The van der Waals surface area contributed by atoms with Crippen molar-refractivity contribution < 1.29 is 9.90 Å². The zero-order valence-electron chi connectivity index (χ0n) is 10.9. The molecule has 0 saturated carbocycles. The van der Waals surface area contributed by atoms with Gasteiger partial charge < -0.3 is 10.0 Å². The summed E-state index contributed by atoms with van der Waals surface area (Å²) >= 11 is 0. The highest BCUT2D eigenvalue weighted by Crippen LogP contribution is 2.22. The van der Waals surface area contributed by atoms with Gasteiger partial charge in [-0.15, -0.1) is 0 Å². The predicted octanol–water partition coefficient (Wildman–Crippen LogP) is 2.73. The molecule has 2 rings (SSSR count). The number of hydrogen-bond donors (Lipinski definition) is 1. The van der Waals surface area contributed by atoms with Crippen molar-refractivity contribution in [3.05, 3.63) is 29.8 Å². The zero-order valence-corrected chi connectivity index (χ0v) is 10.9. The largest absolute Gasteiger partial charge is 0.508 e. The van der Waals surface area contributed by atoms with Crippen LogP contribution in [0.2, 0.25) is 0 Å². The predicted molar refractivity (Wildman–Crippen MR) is 71.5 cm³/mol. The number of amides is 1. The first kappa shape index (κ1) is 12.9. The molecule has 1 aliphatic heterocycles. The lowest BCUT2D eigenvalue weighted by molar-refractivity contribution is -0.134. The smallest absolute Gasteiger partial charge is 0.227 e. The lowest BCUT2D eigenvalue weighted by atomic mass is 9.99. The van der Waals surface area contributed by atoms with Crippen LogP contribution in [-0.2, 0) is 11.2 Å². The molecule has 1 unspecified atom stereocenters. The number of likely N-dealkylation sites (tertiary alicyclic amines) is 1. The molecule has 1 amide bonds. The molecular weight excluding hydrogens is 226 g/mol. The fourth-order valence-electron chi connectivity index (χ4n) is 2.68. The lowest BCUT2D eigenvalue weighted by Gasteiger charge is -2.35. The Hall–Kier alpha value is -1.51. The van der Waals surface area contributed by atoms with E-state index >= 15 is 0 Å². The van der Waals surface area contributed by atoms with Crippen LogP contribution < -0.4 is 0 Å². The highest BCUT2D eigenvalue weighted by atomic mass is 16.3. The molecule has 1 heterocycles. The quantitative estimate of drug-likeness (QED) is 0.892. The van der Waals surface area contributed by atoms with Gasteiger partial charge in [0, 0.05) is 18.2 Å². The molecular formula is C15H21NO2. The normalized spacial score (nSPS) is 19.8. The third-order valence-electron chi connectivity index (χ3n) is 3.75. The Kier molecular flexibility index (Phi) is 4.24. The van der Waals surface area contributed by atoms with Gasteiger partial charge in [-0.25, -0.2) is 0 Å². The van der Waals surface area contributed by atoms with Crippen LogP contribution >= 0.6 is 0 Å². The zero-order chi connectivity index (χ0) is 13.0. The summed E-state index contributed by atoms with van der Waals surface area (Å²) in [5, 5.41) is 9.71. The van der Waals surface area contributed by atoms with Gasteiger partial charge in [0.1, 0.15) is 5.75 Å². The maximum absolute atomic E-state index is 12.3. The number of carbonyl (C=O) groups excluding carboxylic acids is 1. The number of benzene rings is 1. The van der Waals surface area contributed by atoms with Crippen molar-refractivity contribution in [1.29, 1.82) is 0 Å². The summed E-state index contributed by atoms with van der Waals surface area (Å²) in [7, 11) is 0. The first-order chi connectivity index (χ1) is 8.72. The van der Waals surface area contributed by atoms with Crippen molar-refractivity contribution in [3.8, 4) is 5.75 Å². The fraction of sp³-hybridized carbons (Fsp3) is 0.533. The summed E-state index contributed by atoms with van der Waals surface area (Å²) in [6.07, 6.45) is 4.76. The number of nitrogens with zero attached hydrogens (tertiary/aromatic N) is 1. The van der Waals surface area contributed by atoms with Gasteiger partial charge in [0.25, 0.3) is 0 Å². The highest BCUT2D eigenvalue weighted by Gasteiger charge is 2.25. The van der Waals surface area contributed by atoms with Gasteiger partial charge in [-0.3, -0.25) is 4.79 Å². The van der Waals surface area contributed by atoms with Gasteiger partial charge in [0.2, 0.25) is 5.91 Å². The number of hydrogen-bond acceptors (Lipinski definition) is 2. The molecule has 1 N–H and O–H groups in total. The summed E-state index contributed by atoms with van der Waals surface area (Å²) < 4.78 is 0. The molecule has 1 saturated heterocycles. The summed E-state index contributed by atoms with van der Waals surface area (Å²) in [4.78, 5) is 14.3. The number of carbonyl (C=O) groups is 1. The molecule has 3 heteroatoms. The van der Waals surface area contributed by atoms with E-state index in [1.807, 2.05) is 17.0 Å². The van der Waals surface area contributed by atoms with Crippen molar-refractivity contribution in [3.63, 3.8) is 0 Å². The van der Waals surface area contributed by atoms with E-state index in [1.165, 1.54) is 6.42 Å². The lowest BCUT2D eigenvalue weighted by Crippen LogP contribution is -2.44. The number of piperidine rings is 1. The second kappa shape index (κ2) is 5.89. The Morgan fingerprint density at radius 2 is 2.17 bits per heavy atom. The first-order valence-electron chi connectivity index (χ1n) is 6.78. The first-order valence-corrected chi connectivity index (χ1v) is 6.78. The molecule has 0 spiro atoms. The van der Waals surface area contributed by atoms with E-state index in [1.54, 1.807) is 12.1 Å². The molecule has 0 bridgehead atoms. The fourth-order valence-corrected chi connectivity index (χ4v) is 2.68. The third-order valence-corrected chi connectivity index (χ3v) is 3.75. The Balaban J connectivity index is 2.05. The van der Waals surface area contributed by atoms with Crippen molar-refractivity contribution in [1.82, 2.24) is 4.90 Å². The number of phenols is 1. The molecule has 0 aromatic heterocycles. The van der Waals surface area contributed by atoms with Crippen LogP contribution in [0.5, 0.6) is 5.75 Å². The monoisotopic (exact) mass is 247 g/mol. The van der Waals surface area contributed by atoms with Gasteiger partial charge >= 0.3 is 0 Å². The van der Waals surface area contributed by atoms with E-state index in [4.69, 9.17) is 0 Å². The standard InChI is InChI=1S/C15H21NO2/c1-2-13-8-5-6-10-16(13)15(18)11-12-7-3-4-9-14(12)17/h3-4,7,9,13,17H,2,5-6,8,10-11H2,1H3. The minimum atomic E-state index is 0.142. The summed E-state index contributed by atoms with van der Waals surface area (Å²) in [6.45, 7) is 3.00. The topological polar surface area (TPSA) is 40.5 Å². The molecule has 18 heavy (non-hydrogen) atoms. The molecule has 1 atom stereocenters.